The van der Waals surface area contributed by atoms with E-state index in [1.165, 1.54) is 0 Å². The van der Waals surface area contributed by atoms with Crippen molar-refractivity contribution in [1.82, 2.24) is 19.6 Å². The quantitative estimate of drug-likeness (QED) is 0.806. The van der Waals surface area contributed by atoms with Gasteiger partial charge in [-0.05, 0) is 19.2 Å². The Morgan fingerprint density at radius 1 is 1.20 bits per heavy atom. The molecule has 0 unspecified atom stereocenters. The van der Waals surface area contributed by atoms with Crippen molar-refractivity contribution < 1.29 is 8.42 Å². The summed E-state index contributed by atoms with van der Waals surface area (Å²) >= 11 is 6.24. The zero-order valence-electron chi connectivity index (χ0n) is 14.0. The minimum Gasteiger partial charge on any atom is -0.300 e. The van der Waals surface area contributed by atoms with Gasteiger partial charge < -0.3 is 0 Å². The van der Waals surface area contributed by atoms with Crippen LogP contribution < -0.4 is 0 Å². The van der Waals surface area contributed by atoms with Gasteiger partial charge in [-0.25, -0.2) is 13.1 Å². The van der Waals surface area contributed by atoms with Crippen molar-refractivity contribution in [2.45, 2.75) is 18.6 Å². The first kappa shape index (κ1) is 17.0. The van der Waals surface area contributed by atoms with E-state index < -0.39 is 9.84 Å². The van der Waals surface area contributed by atoms with Gasteiger partial charge in [-0.15, -0.1) is 0 Å². The van der Waals surface area contributed by atoms with E-state index in [9.17, 15) is 8.42 Å². The summed E-state index contributed by atoms with van der Waals surface area (Å²) in [6.45, 7) is 2.45. The number of fused-ring (bicyclic) bond motifs is 1. The summed E-state index contributed by atoms with van der Waals surface area (Å²) in [5.41, 5.74) is 1.91. The lowest BCUT2D eigenvalue weighted by atomic mass is 10.1. The van der Waals surface area contributed by atoms with E-state index in [2.05, 4.69) is 14.9 Å². The number of sulfone groups is 1. The van der Waals surface area contributed by atoms with Gasteiger partial charge in [0.05, 0.1) is 28.4 Å². The average molecular weight is 381 g/mol. The van der Waals surface area contributed by atoms with Crippen molar-refractivity contribution in [3.63, 3.8) is 0 Å². The van der Waals surface area contributed by atoms with Gasteiger partial charge in [-0.3, -0.25) is 9.80 Å². The Morgan fingerprint density at radius 2 is 1.96 bits per heavy atom. The van der Waals surface area contributed by atoms with Crippen LogP contribution in [0, 0.1) is 0 Å². The summed E-state index contributed by atoms with van der Waals surface area (Å²) in [5.74, 6) is 0.518. The van der Waals surface area contributed by atoms with Gasteiger partial charge in [0.2, 0.25) is 0 Å². The molecule has 0 spiro atoms. The molecule has 0 saturated carbocycles. The summed E-state index contributed by atoms with van der Waals surface area (Å²) in [4.78, 5) is 4.46. The van der Waals surface area contributed by atoms with Crippen molar-refractivity contribution in [3.8, 4) is 5.69 Å². The second-order valence-electron chi connectivity index (χ2n) is 6.91. The highest BCUT2D eigenvalue weighted by molar-refractivity contribution is 7.91. The molecule has 2 aliphatic heterocycles. The Hall–Kier alpha value is -1.41. The molecule has 6 nitrogen and oxygen atoms in total. The van der Waals surface area contributed by atoms with Crippen LogP contribution in [-0.4, -0.2) is 71.7 Å². The summed E-state index contributed by atoms with van der Waals surface area (Å²) in [6.07, 6.45) is 3.80. The Bertz CT molecular complexity index is 882. The lowest BCUT2D eigenvalue weighted by Gasteiger charge is -2.42. The minimum atomic E-state index is -2.95. The number of halogens is 1. The Labute approximate surface area is 152 Å². The van der Waals surface area contributed by atoms with E-state index in [-0.39, 0.29) is 23.6 Å². The fraction of sp³-hybridized carbons (Fsp3) is 0.471. The van der Waals surface area contributed by atoms with Gasteiger partial charge in [-0.2, -0.15) is 5.10 Å². The first-order valence-corrected chi connectivity index (χ1v) is 10.6. The summed E-state index contributed by atoms with van der Waals surface area (Å²) < 4.78 is 25.9. The van der Waals surface area contributed by atoms with Gasteiger partial charge in [0, 0.05) is 43.5 Å². The van der Waals surface area contributed by atoms with Crippen molar-refractivity contribution in [2.24, 2.45) is 0 Å². The zero-order valence-corrected chi connectivity index (χ0v) is 15.6. The maximum Gasteiger partial charge on any atom is 0.153 e. The van der Waals surface area contributed by atoms with Crippen LogP contribution in [0.1, 0.15) is 5.56 Å². The number of piperazine rings is 1. The van der Waals surface area contributed by atoms with Crippen molar-refractivity contribution in [1.29, 1.82) is 0 Å². The number of nitrogens with zero attached hydrogens (tertiary/aromatic N) is 4. The molecule has 134 valence electrons. The first-order chi connectivity index (χ1) is 11.9. The molecule has 25 heavy (non-hydrogen) atoms. The van der Waals surface area contributed by atoms with E-state index in [0.717, 1.165) is 24.3 Å². The molecule has 0 radical (unpaired) electrons. The predicted octanol–water partition coefficient (Wildman–Crippen LogP) is 1.44. The van der Waals surface area contributed by atoms with E-state index in [4.69, 9.17) is 11.6 Å². The van der Waals surface area contributed by atoms with Gasteiger partial charge in [0.25, 0.3) is 0 Å². The molecular weight excluding hydrogens is 360 g/mol. The van der Waals surface area contributed by atoms with E-state index in [1.54, 1.807) is 4.68 Å². The number of benzene rings is 1. The maximum absolute atomic E-state index is 12.1. The molecule has 2 fully saturated rings. The molecule has 0 aliphatic carbocycles. The molecule has 0 N–H and O–H groups in total. The second-order valence-corrected chi connectivity index (χ2v) is 9.47. The first-order valence-electron chi connectivity index (χ1n) is 8.36. The number of likely N-dealkylation sites (N-methyl/N-ethyl adjacent to an activating group) is 1. The highest BCUT2D eigenvalue weighted by Crippen LogP contribution is 2.27. The van der Waals surface area contributed by atoms with Crippen LogP contribution in [0.5, 0.6) is 0 Å². The molecule has 2 saturated heterocycles. The second kappa shape index (κ2) is 6.39. The normalized spacial score (nSPS) is 26.6. The van der Waals surface area contributed by atoms with Gasteiger partial charge in [0.1, 0.15) is 0 Å². The topological polar surface area (TPSA) is 58.4 Å². The lowest BCUT2D eigenvalue weighted by Crippen LogP contribution is -2.57. The molecular formula is C17H21ClN4O2S. The van der Waals surface area contributed by atoms with Crippen LogP contribution in [0.2, 0.25) is 5.02 Å². The largest absolute Gasteiger partial charge is 0.300 e. The zero-order chi connectivity index (χ0) is 17.6. The summed E-state index contributed by atoms with van der Waals surface area (Å²) in [7, 11) is -0.933. The third kappa shape index (κ3) is 3.33. The number of rotatable bonds is 3. The number of hydrogen-bond acceptors (Lipinski definition) is 5. The monoisotopic (exact) mass is 380 g/mol. The molecule has 0 amide bonds. The summed E-state index contributed by atoms with van der Waals surface area (Å²) in [6, 6.07) is 7.74. The third-order valence-corrected chi connectivity index (χ3v) is 7.21. The molecule has 1 aromatic heterocycles. The highest BCUT2D eigenvalue weighted by Gasteiger charge is 2.45. The van der Waals surface area contributed by atoms with E-state index in [0.29, 0.717) is 11.6 Å². The Morgan fingerprint density at radius 3 is 2.76 bits per heavy atom. The van der Waals surface area contributed by atoms with Crippen LogP contribution in [0.3, 0.4) is 0 Å². The average Bonchev–Trinajstić information content (AvgIpc) is 3.15. The van der Waals surface area contributed by atoms with Crippen LogP contribution >= 0.6 is 11.6 Å². The summed E-state index contributed by atoms with van der Waals surface area (Å²) in [5, 5.41) is 5.07. The van der Waals surface area contributed by atoms with E-state index >= 15 is 0 Å². The molecule has 2 atom stereocenters. The SMILES string of the molecule is CN1CCN(Cc2cnn(-c3ccccc3Cl)c2)[C@@H]2CS(=O)(=O)C[C@@H]21. The van der Waals surface area contributed by atoms with Crippen LogP contribution in [-0.2, 0) is 16.4 Å². The molecule has 8 heteroatoms. The number of aromatic nitrogens is 2. The Kier molecular flexibility index (Phi) is 4.35. The van der Waals surface area contributed by atoms with Crippen molar-refractivity contribution in [3.05, 3.63) is 47.2 Å². The fourth-order valence-corrected chi connectivity index (χ4v) is 6.15. The lowest BCUT2D eigenvalue weighted by molar-refractivity contribution is 0.0573. The van der Waals surface area contributed by atoms with Crippen molar-refractivity contribution in [2.75, 3.05) is 31.6 Å². The minimum absolute atomic E-state index is 0.0624. The van der Waals surface area contributed by atoms with Crippen LogP contribution in [0.25, 0.3) is 5.69 Å². The maximum atomic E-state index is 12.1. The number of para-hydroxylation sites is 1. The third-order valence-electron chi connectivity index (χ3n) is 5.19. The standard InChI is InChI=1S/C17H21ClN4O2S/c1-20-6-7-21(17-12-25(23,24)11-16(17)20)9-13-8-19-22(10-13)15-5-3-2-4-14(15)18/h2-5,8,10,16-17H,6-7,9,11-12H2,1H3/t16-,17+/m0/s1. The molecule has 1 aromatic carbocycles. The van der Waals surface area contributed by atoms with Crippen molar-refractivity contribution >= 4 is 21.4 Å². The van der Waals surface area contributed by atoms with Gasteiger partial charge in [-0.1, -0.05) is 23.7 Å². The highest BCUT2D eigenvalue weighted by atomic mass is 35.5. The molecule has 4 rings (SSSR count). The molecule has 0 bridgehead atoms. The smallest absolute Gasteiger partial charge is 0.153 e. The van der Waals surface area contributed by atoms with Crippen LogP contribution in [0.4, 0.5) is 0 Å². The molecule has 2 aromatic rings. The van der Waals surface area contributed by atoms with Gasteiger partial charge in [0.15, 0.2) is 9.84 Å². The Balaban J connectivity index is 1.54. The van der Waals surface area contributed by atoms with Gasteiger partial charge >= 0.3 is 0 Å². The van der Waals surface area contributed by atoms with Crippen LogP contribution in [0.15, 0.2) is 36.7 Å². The predicted molar refractivity (Wildman–Crippen MR) is 97.8 cm³/mol. The van der Waals surface area contributed by atoms with E-state index in [1.807, 2.05) is 43.7 Å². The molecule has 2 aliphatic rings. The molecule has 3 heterocycles. The number of hydrogen-bond donors (Lipinski definition) is 0. The fourth-order valence-electron chi connectivity index (χ4n) is 3.84.